The van der Waals surface area contributed by atoms with Gasteiger partial charge < -0.3 is 9.80 Å². The molecule has 9 nitrogen and oxygen atoms in total. The van der Waals surface area contributed by atoms with Gasteiger partial charge in [0.1, 0.15) is 11.3 Å². The summed E-state index contributed by atoms with van der Waals surface area (Å²) in [6.07, 6.45) is 1.06. The van der Waals surface area contributed by atoms with E-state index >= 15 is 0 Å². The summed E-state index contributed by atoms with van der Waals surface area (Å²) in [6, 6.07) is 11.3. The molecular formula is C32H35F3N7O2+. The van der Waals surface area contributed by atoms with E-state index < -0.39 is 23.2 Å². The molecule has 1 N–H and O–H groups in total. The summed E-state index contributed by atoms with van der Waals surface area (Å²) in [4.78, 5) is 31.4. The van der Waals surface area contributed by atoms with Crippen LogP contribution in [0.2, 0.25) is 0 Å². The number of hydrogen-bond donors (Lipinski definition) is 1. The number of amides is 1. The molecule has 2 aromatic carbocycles. The van der Waals surface area contributed by atoms with E-state index in [0.29, 0.717) is 28.0 Å². The summed E-state index contributed by atoms with van der Waals surface area (Å²) in [5, 5.41) is 7.53. The molecule has 0 aliphatic heterocycles. The molecule has 1 aliphatic carbocycles. The van der Waals surface area contributed by atoms with Crippen molar-refractivity contribution in [3.05, 3.63) is 93.2 Å². The predicted molar refractivity (Wildman–Crippen MR) is 161 cm³/mol. The van der Waals surface area contributed by atoms with E-state index in [-0.39, 0.29) is 23.0 Å². The van der Waals surface area contributed by atoms with Gasteiger partial charge in [-0.2, -0.15) is 18.3 Å². The molecule has 2 aromatic heterocycles. The first-order valence-electron chi connectivity index (χ1n) is 14.4. The first-order chi connectivity index (χ1) is 20.8. The number of quaternary nitrogens is 1. The maximum atomic E-state index is 14.0. The molecule has 44 heavy (non-hydrogen) atoms. The lowest BCUT2D eigenvalue weighted by atomic mass is 10.1. The number of benzene rings is 2. The molecular weight excluding hydrogens is 571 g/mol. The fourth-order valence-corrected chi connectivity index (χ4v) is 5.71. The molecule has 5 rings (SSSR count). The number of aromatic nitrogens is 4. The van der Waals surface area contributed by atoms with Gasteiger partial charge in [0.05, 0.1) is 63.1 Å². The number of carbonyl (C=O) groups excluding carboxylic acids is 1. The van der Waals surface area contributed by atoms with Crippen LogP contribution in [-0.4, -0.2) is 63.3 Å². The van der Waals surface area contributed by atoms with Crippen molar-refractivity contribution in [3.8, 4) is 22.8 Å². The summed E-state index contributed by atoms with van der Waals surface area (Å²) in [5.74, 6) is -0.584. The molecule has 1 aliphatic rings. The largest absolute Gasteiger partial charge is 0.416 e. The fraction of sp³-hybridized carbons (Fsp3) is 0.375. The van der Waals surface area contributed by atoms with Crippen molar-refractivity contribution in [1.82, 2.24) is 24.5 Å². The van der Waals surface area contributed by atoms with Crippen molar-refractivity contribution in [2.24, 2.45) is 7.05 Å². The van der Waals surface area contributed by atoms with E-state index in [2.05, 4.69) is 36.4 Å². The van der Waals surface area contributed by atoms with E-state index in [4.69, 9.17) is 6.57 Å². The van der Waals surface area contributed by atoms with Gasteiger partial charge in [0.25, 0.3) is 11.5 Å². The second-order valence-corrected chi connectivity index (χ2v) is 12.2. The summed E-state index contributed by atoms with van der Waals surface area (Å²) >= 11 is 0. The van der Waals surface area contributed by atoms with Gasteiger partial charge in [-0.25, -0.2) is 14.2 Å². The van der Waals surface area contributed by atoms with Crippen molar-refractivity contribution in [2.75, 3.05) is 27.7 Å². The fourth-order valence-electron chi connectivity index (χ4n) is 5.71. The molecule has 4 aromatic rings. The van der Waals surface area contributed by atoms with Gasteiger partial charge >= 0.3 is 6.18 Å². The second kappa shape index (κ2) is 11.8. The van der Waals surface area contributed by atoms with Crippen molar-refractivity contribution in [3.63, 3.8) is 0 Å². The van der Waals surface area contributed by atoms with Crippen LogP contribution in [0.15, 0.2) is 59.5 Å². The molecule has 12 heteroatoms. The molecule has 2 heterocycles. The lowest BCUT2D eigenvalue weighted by molar-refractivity contribution is -0.870. The minimum atomic E-state index is -4.62. The average molecular weight is 607 g/mol. The zero-order valence-electron chi connectivity index (χ0n) is 25.1. The average Bonchev–Trinajstić information content (AvgIpc) is 3.70. The number of nitrogens with zero attached hydrogens (tertiary/aromatic N) is 6. The van der Waals surface area contributed by atoms with E-state index in [1.54, 1.807) is 36.1 Å². The first kappa shape index (κ1) is 30.8. The van der Waals surface area contributed by atoms with Crippen LogP contribution in [0.25, 0.3) is 27.6 Å². The molecule has 1 amide bonds. The molecule has 1 saturated carbocycles. The monoisotopic (exact) mass is 606 g/mol. The van der Waals surface area contributed by atoms with Crippen LogP contribution in [-0.2, 0) is 19.6 Å². The Hall–Kier alpha value is -4.63. The Morgan fingerprint density at radius 3 is 2.50 bits per heavy atom. The van der Waals surface area contributed by atoms with Crippen LogP contribution in [0.3, 0.4) is 0 Å². The zero-order valence-corrected chi connectivity index (χ0v) is 25.1. The van der Waals surface area contributed by atoms with Gasteiger partial charge in [0.15, 0.2) is 5.69 Å². The highest BCUT2D eigenvalue weighted by molar-refractivity contribution is 6.00. The third-order valence-corrected chi connectivity index (χ3v) is 7.96. The van der Waals surface area contributed by atoms with E-state index in [1.807, 2.05) is 6.07 Å². The topological polar surface area (TPSA) is 78.2 Å². The summed E-state index contributed by atoms with van der Waals surface area (Å²) in [6.45, 7) is 8.29. The molecule has 1 fully saturated rings. The number of nitrogens with one attached hydrogen (secondary N) is 1. The normalized spacial score (nSPS) is 14.1. The van der Waals surface area contributed by atoms with Crippen LogP contribution in [0, 0.1) is 6.57 Å². The Bertz CT molecular complexity index is 1800. The molecule has 230 valence electrons. The van der Waals surface area contributed by atoms with Gasteiger partial charge in [-0.3, -0.25) is 14.3 Å². The molecule has 0 unspecified atom stereocenters. The Morgan fingerprint density at radius 1 is 1.11 bits per heavy atom. The van der Waals surface area contributed by atoms with E-state index in [9.17, 15) is 22.8 Å². The SMILES string of the molecule is [C-]#[N+]c1ccc(-n2nccc2-c2c(C(=O)NC3CCCC3)c(=O)n(-c3cccc(C(F)(F)F)c3)n2C)c(CC[N+](C)(C)C)c1. The van der Waals surface area contributed by atoms with Crippen LogP contribution in [0.4, 0.5) is 18.9 Å². The van der Waals surface area contributed by atoms with Gasteiger partial charge in [-0.1, -0.05) is 31.0 Å². The van der Waals surface area contributed by atoms with Crippen molar-refractivity contribution >= 4 is 11.6 Å². The van der Waals surface area contributed by atoms with Gasteiger partial charge in [0, 0.05) is 19.5 Å². The van der Waals surface area contributed by atoms with Crippen LogP contribution < -0.4 is 10.9 Å². The molecule has 0 spiro atoms. The van der Waals surface area contributed by atoms with Crippen LogP contribution >= 0.6 is 0 Å². The minimum absolute atomic E-state index is 0.0235. The molecule has 0 radical (unpaired) electrons. The van der Waals surface area contributed by atoms with Crippen LogP contribution in [0.5, 0.6) is 0 Å². The number of carbonyl (C=O) groups is 1. The number of likely N-dealkylation sites (N-methyl/N-ethyl adjacent to an activating group) is 1. The first-order valence-corrected chi connectivity index (χ1v) is 14.4. The second-order valence-electron chi connectivity index (χ2n) is 12.2. The Labute approximate surface area is 253 Å². The quantitative estimate of drug-likeness (QED) is 0.212. The van der Waals surface area contributed by atoms with Crippen molar-refractivity contribution in [1.29, 1.82) is 0 Å². The maximum Gasteiger partial charge on any atom is 0.416 e. The van der Waals surface area contributed by atoms with Gasteiger partial charge in [-0.15, -0.1) is 0 Å². The Morgan fingerprint density at radius 2 is 1.84 bits per heavy atom. The van der Waals surface area contributed by atoms with Crippen molar-refractivity contribution in [2.45, 2.75) is 44.3 Å². The van der Waals surface area contributed by atoms with E-state index in [1.165, 1.54) is 16.8 Å². The van der Waals surface area contributed by atoms with Crippen molar-refractivity contribution < 1.29 is 22.4 Å². The highest BCUT2D eigenvalue weighted by atomic mass is 19.4. The number of alkyl halides is 3. The van der Waals surface area contributed by atoms with Crippen LogP contribution in [0.1, 0.15) is 47.2 Å². The number of halogens is 3. The highest BCUT2D eigenvalue weighted by Gasteiger charge is 2.33. The molecule has 0 saturated heterocycles. The van der Waals surface area contributed by atoms with Gasteiger partial charge in [-0.05, 0) is 48.7 Å². The van der Waals surface area contributed by atoms with E-state index in [0.717, 1.165) is 54.6 Å². The lowest BCUT2D eigenvalue weighted by Gasteiger charge is -2.24. The summed E-state index contributed by atoms with van der Waals surface area (Å²) < 4.78 is 45.7. The highest BCUT2D eigenvalue weighted by Crippen LogP contribution is 2.32. The summed E-state index contributed by atoms with van der Waals surface area (Å²) in [5.41, 5.74) is 0.781. The minimum Gasteiger partial charge on any atom is -0.349 e. The maximum absolute atomic E-state index is 14.0. The molecule has 0 atom stereocenters. The standard InChI is InChI=1S/C32H34F3N7O2/c1-36-24-13-14-26(21(19-24)16-18-42(3,4)5)40-27(15-17-37-40)29-28(30(43)38-23-10-6-7-11-23)31(44)41(39(29)2)25-12-8-9-22(20-25)32(33,34)35/h8-9,12-15,17,19-20,23H,6-7,10-11,16,18H2,2-5H3/p+1. The smallest absolute Gasteiger partial charge is 0.349 e. The lowest BCUT2D eigenvalue weighted by Crippen LogP contribution is -2.36. The Kier molecular flexibility index (Phi) is 8.27. The number of hydrogen-bond acceptors (Lipinski definition) is 3. The zero-order chi connectivity index (χ0) is 31.8. The third kappa shape index (κ3) is 6.19. The number of rotatable bonds is 8. The summed E-state index contributed by atoms with van der Waals surface area (Å²) in [7, 11) is 7.75. The van der Waals surface area contributed by atoms with Gasteiger partial charge in [0.2, 0.25) is 0 Å². The Balaban J connectivity index is 1.71. The molecule has 0 bridgehead atoms. The third-order valence-electron chi connectivity index (χ3n) is 7.96. The predicted octanol–water partition coefficient (Wildman–Crippen LogP) is 5.52.